The Balaban J connectivity index is 2.20. The largest absolute Gasteiger partial charge is 0.414 e. The van der Waals surface area contributed by atoms with Crippen LogP contribution in [0.2, 0.25) is 54.4 Å². The van der Waals surface area contributed by atoms with Crippen molar-refractivity contribution in [3.8, 4) is 0 Å². The lowest BCUT2D eigenvalue weighted by molar-refractivity contribution is -0.0480. The summed E-state index contributed by atoms with van der Waals surface area (Å²) in [5.74, 6) is 0.321. The van der Waals surface area contributed by atoms with Crippen molar-refractivity contribution in [1.82, 2.24) is 19.5 Å². The fourth-order valence-electron chi connectivity index (χ4n) is 3.98. The zero-order chi connectivity index (χ0) is 31.6. The summed E-state index contributed by atoms with van der Waals surface area (Å²) in [5, 5.41) is 0.0485. The number of anilines is 1. The smallest absolute Gasteiger partial charge is 0.192 e. The molecule has 3 heterocycles. The summed E-state index contributed by atoms with van der Waals surface area (Å²) >= 11 is 3.68. The molecule has 1 saturated heterocycles. The maximum Gasteiger partial charge on any atom is 0.192 e. The second-order valence-corrected chi connectivity index (χ2v) is 31.0. The minimum absolute atomic E-state index is 0.00140. The lowest BCUT2D eigenvalue weighted by Gasteiger charge is -2.44. The molecule has 1 fully saturated rings. The van der Waals surface area contributed by atoms with Gasteiger partial charge in [-0.05, 0) is 70.3 Å². The Labute approximate surface area is 259 Å². The third-order valence-corrected chi connectivity index (χ3v) is 23.9. The van der Waals surface area contributed by atoms with Crippen LogP contribution in [0.25, 0.3) is 11.2 Å². The Morgan fingerprint density at radius 1 is 0.829 bits per heavy atom. The molecular formula is C28H54BrN5O4Si3. The monoisotopic (exact) mass is 687 g/mol. The van der Waals surface area contributed by atoms with Crippen LogP contribution in [-0.2, 0) is 18.0 Å². The normalized spacial score (nSPS) is 23.5. The number of rotatable bonds is 8. The van der Waals surface area contributed by atoms with Gasteiger partial charge in [0.05, 0.1) is 6.61 Å². The van der Waals surface area contributed by atoms with E-state index in [4.69, 9.17) is 23.7 Å². The van der Waals surface area contributed by atoms with Gasteiger partial charge in [0.15, 0.2) is 52.9 Å². The highest BCUT2D eigenvalue weighted by Crippen LogP contribution is 2.47. The van der Waals surface area contributed by atoms with Crippen LogP contribution < -0.4 is 5.73 Å². The third-order valence-electron chi connectivity index (χ3n) is 9.89. The molecule has 0 amide bonds. The van der Waals surface area contributed by atoms with Gasteiger partial charge in [-0.15, -0.1) is 0 Å². The van der Waals surface area contributed by atoms with E-state index in [1.807, 2.05) is 4.57 Å². The van der Waals surface area contributed by atoms with E-state index in [1.165, 1.54) is 6.33 Å². The van der Waals surface area contributed by atoms with Crippen LogP contribution in [0.3, 0.4) is 0 Å². The fourth-order valence-corrected chi connectivity index (χ4v) is 8.15. The van der Waals surface area contributed by atoms with E-state index in [1.54, 1.807) is 0 Å². The second kappa shape index (κ2) is 11.4. The van der Waals surface area contributed by atoms with E-state index in [9.17, 15) is 0 Å². The van der Waals surface area contributed by atoms with Crippen LogP contribution in [0.15, 0.2) is 11.1 Å². The summed E-state index contributed by atoms with van der Waals surface area (Å²) in [6.45, 7) is 34.4. The van der Waals surface area contributed by atoms with E-state index < -0.39 is 37.3 Å². The first-order chi connectivity index (χ1) is 18.3. The highest BCUT2D eigenvalue weighted by Gasteiger charge is 2.55. The molecule has 0 radical (unpaired) electrons. The summed E-state index contributed by atoms with van der Waals surface area (Å²) in [7, 11) is -6.60. The molecule has 4 atom stereocenters. The van der Waals surface area contributed by atoms with Gasteiger partial charge in [0, 0.05) is 0 Å². The number of aromatic nitrogens is 4. The summed E-state index contributed by atoms with van der Waals surface area (Å²) in [4.78, 5) is 13.4. The Kier molecular flexibility index (Phi) is 9.64. The zero-order valence-electron chi connectivity index (χ0n) is 28.0. The quantitative estimate of drug-likeness (QED) is 0.221. The van der Waals surface area contributed by atoms with Crippen LogP contribution in [0.1, 0.15) is 68.5 Å². The van der Waals surface area contributed by atoms with Crippen molar-refractivity contribution in [3.05, 3.63) is 11.1 Å². The molecule has 2 aromatic rings. The third kappa shape index (κ3) is 7.02. The summed E-state index contributed by atoms with van der Waals surface area (Å²) < 4.78 is 30.8. The van der Waals surface area contributed by atoms with Crippen LogP contribution in [0, 0.1) is 0 Å². The van der Waals surface area contributed by atoms with Crippen LogP contribution in [0.4, 0.5) is 5.82 Å². The molecule has 0 saturated carbocycles. The van der Waals surface area contributed by atoms with Gasteiger partial charge in [0.25, 0.3) is 0 Å². The maximum atomic E-state index is 7.26. The molecule has 3 rings (SSSR count). The zero-order valence-corrected chi connectivity index (χ0v) is 32.6. The minimum Gasteiger partial charge on any atom is -0.414 e. The SMILES string of the molecule is CC(C)(C)[Si](C)(C)OC[C@H]1OC(n2c(Br)nc3c(N)ncnc32)[C@H](O[Si](C)(C)C(C)(C)C)[C@@H]1O[Si](C)(C)C(C)(C)C. The van der Waals surface area contributed by atoms with Gasteiger partial charge in [-0.25, -0.2) is 15.0 Å². The first-order valence-corrected chi connectivity index (χ1v) is 24.1. The van der Waals surface area contributed by atoms with Gasteiger partial charge in [0.2, 0.25) is 0 Å². The number of nitrogens with two attached hydrogens (primary N) is 1. The van der Waals surface area contributed by atoms with E-state index in [0.717, 1.165) is 0 Å². The number of fused-ring (bicyclic) bond motifs is 1. The van der Waals surface area contributed by atoms with Gasteiger partial charge in [-0.3, -0.25) is 4.57 Å². The van der Waals surface area contributed by atoms with Gasteiger partial charge in [-0.2, -0.15) is 0 Å². The van der Waals surface area contributed by atoms with Gasteiger partial charge in [0.1, 0.15) is 24.6 Å². The highest BCUT2D eigenvalue weighted by atomic mass is 79.9. The first-order valence-electron chi connectivity index (χ1n) is 14.6. The topological polar surface area (TPSA) is 107 Å². The van der Waals surface area contributed by atoms with Crippen LogP contribution >= 0.6 is 15.9 Å². The van der Waals surface area contributed by atoms with Crippen molar-refractivity contribution in [3.63, 3.8) is 0 Å². The van der Waals surface area contributed by atoms with E-state index in [-0.39, 0.29) is 27.3 Å². The molecule has 0 bridgehead atoms. The summed E-state index contributed by atoms with van der Waals surface area (Å²) in [6, 6.07) is 0. The molecule has 2 N–H and O–H groups in total. The molecule has 13 heteroatoms. The summed E-state index contributed by atoms with van der Waals surface area (Å²) in [5.41, 5.74) is 7.32. The lowest BCUT2D eigenvalue weighted by atomic mass is 10.1. The van der Waals surface area contributed by atoms with Crippen molar-refractivity contribution < 1.29 is 18.0 Å². The van der Waals surface area contributed by atoms with E-state index in [0.29, 0.717) is 28.3 Å². The second-order valence-electron chi connectivity index (χ2n) is 16.0. The van der Waals surface area contributed by atoms with Crippen molar-refractivity contribution in [2.24, 2.45) is 0 Å². The standard InChI is InChI=1S/C28H54BrN5O4Si3/c1-26(2,3)39(10,11)35-16-18-20(37-40(12,13)27(4,5)6)21(38-41(14,15)28(7,8)9)24(36-18)34-23-19(33-25(34)29)22(30)31-17-32-23/h17-18,20-21,24H,16H2,1-15H3,(H2,30,31,32)/t18-,20-,21-,24?/m1/s1. The van der Waals surface area contributed by atoms with Gasteiger partial charge < -0.3 is 23.7 Å². The Morgan fingerprint density at radius 2 is 1.32 bits per heavy atom. The van der Waals surface area contributed by atoms with Crippen molar-refractivity contribution in [1.29, 1.82) is 0 Å². The maximum absolute atomic E-state index is 7.26. The van der Waals surface area contributed by atoms with Crippen LogP contribution in [-0.4, -0.2) is 69.4 Å². The highest BCUT2D eigenvalue weighted by molar-refractivity contribution is 9.10. The average Bonchev–Trinajstić information content (AvgIpc) is 3.27. The number of nitrogen functional groups attached to an aromatic ring is 1. The number of ether oxygens (including phenoxy) is 1. The van der Waals surface area contributed by atoms with Gasteiger partial charge in [-0.1, -0.05) is 62.3 Å². The molecule has 234 valence electrons. The Morgan fingerprint density at radius 3 is 1.80 bits per heavy atom. The Bertz CT molecular complexity index is 1230. The van der Waals surface area contributed by atoms with Crippen molar-refractivity contribution in [2.75, 3.05) is 12.3 Å². The molecular weight excluding hydrogens is 635 g/mol. The predicted octanol–water partition coefficient (Wildman–Crippen LogP) is 7.87. The molecule has 2 aromatic heterocycles. The molecule has 0 aliphatic carbocycles. The predicted molar refractivity (Wildman–Crippen MR) is 179 cm³/mol. The number of hydrogen-bond donors (Lipinski definition) is 1. The number of hydrogen-bond acceptors (Lipinski definition) is 8. The number of nitrogens with zero attached hydrogens (tertiary/aromatic N) is 4. The van der Waals surface area contributed by atoms with E-state index in [2.05, 4.69) is 132 Å². The molecule has 1 unspecified atom stereocenters. The molecule has 1 aliphatic rings. The van der Waals surface area contributed by atoms with Gasteiger partial charge >= 0.3 is 0 Å². The molecule has 41 heavy (non-hydrogen) atoms. The summed E-state index contributed by atoms with van der Waals surface area (Å²) in [6.07, 6.45) is -0.198. The van der Waals surface area contributed by atoms with Crippen molar-refractivity contribution >= 4 is 57.9 Å². The molecule has 0 spiro atoms. The van der Waals surface area contributed by atoms with Crippen LogP contribution in [0.5, 0.6) is 0 Å². The lowest BCUT2D eigenvalue weighted by Crippen LogP contribution is -2.54. The van der Waals surface area contributed by atoms with E-state index >= 15 is 0 Å². The fraction of sp³-hybridized carbons (Fsp3) is 0.821. The first kappa shape index (κ1) is 34.8. The van der Waals surface area contributed by atoms with Crippen molar-refractivity contribution in [2.45, 2.75) is 141 Å². The molecule has 1 aliphatic heterocycles. The molecule has 0 aromatic carbocycles. The molecule has 9 nitrogen and oxygen atoms in total. The number of halogens is 1. The minimum atomic E-state index is -2.29. The number of imidazole rings is 1. The average molecular weight is 689 g/mol. The Hall–Kier alpha value is -0.679.